The first-order chi connectivity index (χ1) is 18.1. The van der Waals surface area contributed by atoms with Crippen LogP contribution in [0.25, 0.3) is 0 Å². The van der Waals surface area contributed by atoms with Crippen molar-refractivity contribution in [2.24, 2.45) is 11.3 Å². The van der Waals surface area contributed by atoms with Crippen LogP contribution < -0.4 is 10.1 Å². The molecule has 5 rings (SSSR count). The first-order valence-electron chi connectivity index (χ1n) is 13.6. The molecule has 1 heterocycles. The second kappa shape index (κ2) is 11.4. The van der Waals surface area contributed by atoms with Crippen LogP contribution in [0.1, 0.15) is 55.2 Å². The number of likely N-dealkylation sites (tertiary alicyclic amines) is 1. The third kappa shape index (κ3) is 5.99. The van der Waals surface area contributed by atoms with Crippen molar-refractivity contribution < 1.29 is 14.6 Å². The molecule has 37 heavy (non-hydrogen) atoms. The Labute approximate surface area is 220 Å². The van der Waals surface area contributed by atoms with E-state index >= 15 is 0 Å². The van der Waals surface area contributed by atoms with E-state index in [1.165, 1.54) is 11.1 Å². The third-order valence-corrected chi connectivity index (χ3v) is 8.22. The molecular formula is C32H38N2O3. The highest BCUT2D eigenvalue weighted by molar-refractivity contribution is 5.82. The largest absolute Gasteiger partial charge is 0.504 e. The molecule has 2 N–H and O–H groups in total. The van der Waals surface area contributed by atoms with Crippen LogP contribution in [0.4, 0.5) is 0 Å². The van der Waals surface area contributed by atoms with Crippen molar-refractivity contribution in [3.8, 4) is 11.5 Å². The quantitative estimate of drug-likeness (QED) is 0.375. The fourth-order valence-electron chi connectivity index (χ4n) is 5.97. The topological polar surface area (TPSA) is 61.8 Å². The number of rotatable bonds is 10. The first-order valence-corrected chi connectivity index (χ1v) is 13.6. The van der Waals surface area contributed by atoms with Crippen LogP contribution in [-0.2, 0) is 11.3 Å². The lowest BCUT2D eigenvalue weighted by atomic mass is 9.88. The fourth-order valence-corrected chi connectivity index (χ4v) is 5.97. The number of nitrogens with zero attached hydrogens (tertiary/aromatic N) is 1. The molecule has 1 atom stereocenters. The lowest BCUT2D eigenvalue weighted by Crippen LogP contribution is -2.37. The number of benzene rings is 3. The van der Waals surface area contributed by atoms with Crippen LogP contribution in [0, 0.1) is 11.3 Å². The number of carbonyl (C=O) groups excluding carboxylic acids is 1. The molecule has 1 saturated heterocycles. The number of hydrogen-bond donors (Lipinski definition) is 2. The van der Waals surface area contributed by atoms with Gasteiger partial charge in [0.25, 0.3) is 0 Å². The molecule has 5 heteroatoms. The SMILES string of the molecule is CCOc1cc(CN2CCC3(CC2)C[C@H]3C(=O)NCCC(c2ccccc2)c2ccccc2)ccc1O. The number of phenols is 1. The highest BCUT2D eigenvalue weighted by Gasteiger charge is 2.58. The molecule has 2 aliphatic rings. The van der Waals surface area contributed by atoms with Gasteiger partial charge in [0.05, 0.1) is 6.61 Å². The van der Waals surface area contributed by atoms with E-state index in [1.807, 2.05) is 31.2 Å². The van der Waals surface area contributed by atoms with Gasteiger partial charge in [0, 0.05) is 24.9 Å². The van der Waals surface area contributed by atoms with Crippen LogP contribution in [-0.4, -0.2) is 42.2 Å². The van der Waals surface area contributed by atoms with E-state index in [0.717, 1.165) is 50.9 Å². The maximum absolute atomic E-state index is 13.1. The number of aromatic hydroxyl groups is 1. The molecule has 2 fully saturated rings. The number of phenolic OH excluding ortho intramolecular Hbond substituents is 1. The van der Waals surface area contributed by atoms with Gasteiger partial charge in [-0.1, -0.05) is 66.7 Å². The van der Waals surface area contributed by atoms with E-state index in [1.54, 1.807) is 6.07 Å². The van der Waals surface area contributed by atoms with Crippen molar-refractivity contribution in [2.75, 3.05) is 26.2 Å². The number of hydrogen-bond acceptors (Lipinski definition) is 4. The summed E-state index contributed by atoms with van der Waals surface area (Å²) in [6.07, 6.45) is 4.04. The van der Waals surface area contributed by atoms with Crippen molar-refractivity contribution in [3.63, 3.8) is 0 Å². The average molecular weight is 499 g/mol. The Morgan fingerprint density at radius 2 is 1.68 bits per heavy atom. The molecule has 1 aliphatic heterocycles. The molecule has 1 spiro atoms. The molecule has 194 valence electrons. The smallest absolute Gasteiger partial charge is 0.223 e. The predicted octanol–water partition coefficient (Wildman–Crippen LogP) is 5.73. The van der Waals surface area contributed by atoms with Gasteiger partial charge in [0.1, 0.15) is 0 Å². The summed E-state index contributed by atoms with van der Waals surface area (Å²) < 4.78 is 5.53. The Kier molecular flexibility index (Phi) is 7.80. The number of carbonyl (C=O) groups is 1. The lowest BCUT2D eigenvalue weighted by Gasteiger charge is -2.33. The lowest BCUT2D eigenvalue weighted by molar-refractivity contribution is -0.123. The molecule has 0 aromatic heterocycles. The van der Waals surface area contributed by atoms with Gasteiger partial charge in [-0.05, 0) is 79.9 Å². The summed E-state index contributed by atoms with van der Waals surface area (Å²) in [5.74, 6) is 1.40. The third-order valence-electron chi connectivity index (χ3n) is 8.22. The van der Waals surface area contributed by atoms with Crippen molar-refractivity contribution >= 4 is 5.91 Å². The second-order valence-corrected chi connectivity index (χ2v) is 10.6. The van der Waals surface area contributed by atoms with Crippen molar-refractivity contribution in [1.82, 2.24) is 10.2 Å². The Morgan fingerprint density at radius 3 is 2.30 bits per heavy atom. The van der Waals surface area contributed by atoms with Crippen LogP contribution >= 0.6 is 0 Å². The Balaban J connectivity index is 1.10. The van der Waals surface area contributed by atoms with Gasteiger partial charge in [-0.2, -0.15) is 0 Å². The van der Waals surface area contributed by atoms with E-state index in [0.29, 0.717) is 18.9 Å². The molecule has 1 saturated carbocycles. The van der Waals surface area contributed by atoms with Gasteiger partial charge in [0.15, 0.2) is 11.5 Å². The highest BCUT2D eigenvalue weighted by atomic mass is 16.5. The number of piperidine rings is 1. The summed E-state index contributed by atoms with van der Waals surface area (Å²) in [5, 5.41) is 13.2. The molecule has 0 radical (unpaired) electrons. The fraction of sp³-hybridized carbons (Fsp3) is 0.406. The van der Waals surface area contributed by atoms with Crippen molar-refractivity contribution in [2.45, 2.75) is 45.1 Å². The van der Waals surface area contributed by atoms with Crippen molar-refractivity contribution in [3.05, 3.63) is 95.6 Å². The predicted molar refractivity (Wildman–Crippen MR) is 147 cm³/mol. The van der Waals surface area contributed by atoms with E-state index in [2.05, 4.69) is 58.7 Å². The monoisotopic (exact) mass is 498 g/mol. The zero-order chi connectivity index (χ0) is 25.7. The van der Waals surface area contributed by atoms with Gasteiger partial charge in [-0.25, -0.2) is 0 Å². The molecule has 1 aliphatic carbocycles. The number of nitrogens with one attached hydrogen (secondary N) is 1. The maximum Gasteiger partial charge on any atom is 0.223 e. The Morgan fingerprint density at radius 1 is 1.03 bits per heavy atom. The highest BCUT2D eigenvalue weighted by Crippen LogP contribution is 2.59. The first kappa shape index (κ1) is 25.3. The van der Waals surface area contributed by atoms with Gasteiger partial charge in [0.2, 0.25) is 5.91 Å². The number of ether oxygens (including phenoxy) is 1. The summed E-state index contributed by atoms with van der Waals surface area (Å²) in [7, 11) is 0. The maximum atomic E-state index is 13.1. The zero-order valence-electron chi connectivity index (χ0n) is 21.7. The standard InChI is InChI=1S/C32H38N2O3/c1-2-37-30-21-24(13-14-29(30)35)23-34-19-16-32(17-20-34)22-28(32)31(36)33-18-15-27(25-9-5-3-6-10-25)26-11-7-4-8-12-26/h3-14,21,27-28,35H,2,15-20,22-23H2,1H3,(H,33,36)/t28-/m0/s1. The van der Waals surface area contributed by atoms with Gasteiger partial charge < -0.3 is 15.2 Å². The zero-order valence-corrected chi connectivity index (χ0v) is 21.7. The van der Waals surface area contributed by atoms with E-state index in [9.17, 15) is 9.90 Å². The minimum absolute atomic E-state index is 0.153. The summed E-state index contributed by atoms with van der Waals surface area (Å²) in [4.78, 5) is 15.5. The molecule has 3 aromatic rings. The van der Waals surface area contributed by atoms with E-state index in [4.69, 9.17) is 4.74 Å². The molecule has 0 bridgehead atoms. The Hall–Kier alpha value is -3.31. The molecule has 0 unspecified atom stereocenters. The molecule has 1 amide bonds. The van der Waals surface area contributed by atoms with Crippen LogP contribution in [0.2, 0.25) is 0 Å². The molecular weight excluding hydrogens is 460 g/mol. The summed E-state index contributed by atoms with van der Waals surface area (Å²) in [5.41, 5.74) is 3.92. The van der Waals surface area contributed by atoms with Crippen molar-refractivity contribution in [1.29, 1.82) is 0 Å². The average Bonchev–Trinajstić information content (AvgIpc) is 3.64. The van der Waals surface area contributed by atoms with E-state index < -0.39 is 0 Å². The summed E-state index contributed by atoms with van der Waals surface area (Å²) in [6.45, 7) is 5.98. The second-order valence-electron chi connectivity index (χ2n) is 10.6. The number of amides is 1. The minimum atomic E-state index is 0.153. The van der Waals surface area contributed by atoms with Gasteiger partial charge >= 0.3 is 0 Å². The Bertz CT molecular complexity index is 1130. The van der Waals surface area contributed by atoms with Crippen LogP contribution in [0.5, 0.6) is 11.5 Å². The van der Waals surface area contributed by atoms with Gasteiger partial charge in [-0.15, -0.1) is 0 Å². The minimum Gasteiger partial charge on any atom is -0.504 e. The van der Waals surface area contributed by atoms with Gasteiger partial charge in [-0.3, -0.25) is 9.69 Å². The normalized spacial score (nSPS) is 18.6. The summed E-state index contributed by atoms with van der Waals surface area (Å²) >= 11 is 0. The summed E-state index contributed by atoms with van der Waals surface area (Å²) in [6, 6.07) is 26.8. The molecule has 5 nitrogen and oxygen atoms in total. The van der Waals surface area contributed by atoms with Crippen LogP contribution in [0.3, 0.4) is 0 Å². The van der Waals surface area contributed by atoms with E-state index in [-0.39, 0.29) is 28.9 Å². The molecule has 3 aromatic carbocycles. The van der Waals surface area contributed by atoms with Crippen LogP contribution in [0.15, 0.2) is 78.9 Å².